The number of methoxy groups -OCH3 is 2. The van der Waals surface area contributed by atoms with Gasteiger partial charge >= 0.3 is 0 Å². The second kappa shape index (κ2) is 5.14. The molecular formula is C10H11BrO4. The molecule has 5 heteroatoms. The van der Waals surface area contributed by atoms with Gasteiger partial charge in [-0.2, -0.15) is 0 Å². The van der Waals surface area contributed by atoms with E-state index < -0.39 is 0 Å². The summed E-state index contributed by atoms with van der Waals surface area (Å²) >= 11 is 3.25. The lowest BCUT2D eigenvalue weighted by Gasteiger charge is -2.14. The van der Waals surface area contributed by atoms with E-state index in [-0.39, 0.29) is 6.61 Å². The molecule has 0 spiro atoms. The highest BCUT2D eigenvalue weighted by molar-refractivity contribution is 9.10. The summed E-state index contributed by atoms with van der Waals surface area (Å²) in [4.78, 5) is 10.8. The first kappa shape index (κ1) is 12.0. The normalized spacial score (nSPS) is 9.87. The molecule has 0 unspecified atom stereocenters. The van der Waals surface area contributed by atoms with Crippen LogP contribution in [0.15, 0.2) is 10.5 Å². The van der Waals surface area contributed by atoms with Crippen LogP contribution >= 0.6 is 15.9 Å². The van der Waals surface area contributed by atoms with Crippen LogP contribution in [-0.2, 0) is 6.61 Å². The van der Waals surface area contributed by atoms with E-state index in [2.05, 4.69) is 15.9 Å². The first-order valence-electron chi connectivity index (χ1n) is 4.19. The molecule has 0 fully saturated rings. The van der Waals surface area contributed by atoms with Crippen molar-refractivity contribution in [3.8, 4) is 11.5 Å². The molecule has 4 nitrogen and oxygen atoms in total. The topological polar surface area (TPSA) is 55.8 Å². The molecule has 1 aromatic rings. The summed E-state index contributed by atoms with van der Waals surface area (Å²) in [5.74, 6) is 0.705. The molecule has 0 aliphatic rings. The Morgan fingerprint density at radius 3 is 2.40 bits per heavy atom. The Labute approximate surface area is 95.9 Å². The van der Waals surface area contributed by atoms with Crippen LogP contribution in [0.4, 0.5) is 0 Å². The third-order valence-electron chi connectivity index (χ3n) is 2.01. The van der Waals surface area contributed by atoms with Gasteiger partial charge in [0.2, 0.25) is 0 Å². The number of ether oxygens (including phenoxy) is 2. The standard InChI is InChI=1S/C10H11BrO4/c1-14-9-6(4-12)3-8(11)7(5-13)10(9)15-2/h3-4,13H,5H2,1-2H3. The van der Waals surface area contributed by atoms with Crippen molar-refractivity contribution < 1.29 is 19.4 Å². The summed E-state index contributed by atoms with van der Waals surface area (Å²) in [6.07, 6.45) is 0.674. The van der Waals surface area contributed by atoms with E-state index >= 15 is 0 Å². The molecule has 0 aliphatic heterocycles. The Hall–Kier alpha value is -1.07. The van der Waals surface area contributed by atoms with E-state index in [1.54, 1.807) is 6.07 Å². The van der Waals surface area contributed by atoms with Gasteiger partial charge in [0.25, 0.3) is 0 Å². The van der Waals surface area contributed by atoms with E-state index in [1.165, 1.54) is 14.2 Å². The fourth-order valence-corrected chi connectivity index (χ4v) is 1.88. The van der Waals surface area contributed by atoms with Crippen LogP contribution in [0, 0.1) is 0 Å². The van der Waals surface area contributed by atoms with Crippen molar-refractivity contribution in [2.45, 2.75) is 6.61 Å². The third-order valence-corrected chi connectivity index (χ3v) is 2.71. The molecule has 0 heterocycles. The second-order valence-corrected chi connectivity index (χ2v) is 3.62. The molecular weight excluding hydrogens is 264 g/mol. The van der Waals surface area contributed by atoms with Gasteiger partial charge in [-0.1, -0.05) is 15.9 Å². The van der Waals surface area contributed by atoms with E-state index in [4.69, 9.17) is 14.6 Å². The van der Waals surface area contributed by atoms with Crippen LogP contribution in [0.1, 0.15) is 15.9 Å². The average Bonchev–Trinajstić information content (AvgIpc) is 2.27. The smallest absolute Gasteiger partial charge is 0.171 e. The summed E-state index contributed by atoms with van der Waals surface area (Å²) in [6.45, 7) is -0.195. The number of aliphatic hydroxyl groups is 1. The highest BCUT2D eigenvalue weighted by atomic mass is 79.9. The van der Waals surface area contributed by atoms with Crippen LogP contribution in [-0.4, -0.2) is 25.6 Å². The lowest BCUT2D eigenvalue weighted by atomic mass is 10.1. The molecule has 0 amide bonds. The molecule has 0 aromatic heterocycles. The van der Waals surface area contributed by atoms with Crippen LogP contribution in [0.25, 0.3) is 0 Å². The minimum atomic E-state index is -0.195. The summed E-state index contributed by atoms with van der Waals surface area (Å²) in [7, 11) is 2.90. The van der Waals surface area contributed by atoms with Crippen molar-refractivity contribution in [3.63, 3.8) is 0 Å². The largest absolute Gasteiger partial charge is 0.492 e. The molecule has 0 aliphatic carbocycles. The zero-order valence-corrected chi connectivity index (χ0v) is 10.00. The van der Waals surface area contributed by atoms with Crippen molar-refractivity contribution in [2.24, 2.45) is 0 Å². The monoisotopic (exact) mass is 274 g/mol. The van der Waals surface area contributed by atoms with Crippen molar-refractivity contribution >= 4 is 22.2 Å². The maximum atomic E-state index is 10.8. The fraction of sp³-hybridized carbons (Fsp3) is 0.300. The third kappa shape index (κ3) is 2.13. The first-order valence-corrected chi connectivity index (χ1v) is 4.98. The number of hydrogen-bond acceptors (Lipinski definition) is 4. The van der Waals surface area contributed by atoms with Gasteiger partial charge in [-0.15, -0.1) is 0 Å². The number of rotatable bonds is 4. The SMILES string of the molecule is COc1c(C=O)cc(Br)c(CO)c1OC. The first-order chi connectivity index (χ1) is 7.19. The minimum absolute atomic E-state index is 0.195. The summed E-state index contributed by atoms with van der Waals surface area (Å²) in [5, 5.41) is 9.16. The predicted molar refractivity (Wildman–Crippen MR) is 58.6 cm³/mol. The Balaban J connectivity index is 3.51. The van der Waals surface area contributed by atoms with E-state index in [0.29, 0.717) is 33.4 Å². The molecule has 1 rings (SSSR count). The van der Waals surface area contributed by atoms with Crippen LogP contribution in [0.3, 0.4) is 0 Å². The maximum Gasteiger partial charge on any atom is 0.171 e. The second-order valence-electron chi connectivity index (χ2n) is 2.77. The number of hydrogen-bond donors (Lipinski definition) is 1. The number of carbonyl (C=O) groups is 1. The maximum absolute atomic E-state index is 10.8. The molecule has 0 radical (unpaired) electrons. The molecule has 1 aromatic carbocycles. The highest BCUT2D eigenvalue weighted by Crippen LogP contribution is 2.38. The number of aldehydes is 1. The Morgan fingerprint density at radius 1 is 1.40 bits per heavy atom. The predicted octanol–water partition coefficient (Wildman–Crippen LogP) is 1.77. The van der Waals surface area contributed by atoms with Gasteiger partial charge in [0.15, 0.2) is 17.8 Å². The van der Waals surface area contributed by atoms with E-state index in [1.807, 2.05) is 0 Å². The van der Waals surface area contributed by atoms with Gasteiger partial charge in [-0.25, -0.2) is 0 Å². The van der Waals surface area contributed by atoms with Gasteiger partial charge < -0.3 is 14.6 Å². The van der Waals surface area contributed by atoms with Gasteiger partial charge in [0.05, 0.1) is 26.4 Å². The molecule has 1 N–H and O–H groups in total. The quantitative estimate of drug-likeness (QED) is 0.851. The summed E-state index contributed by atoms with van der Waals surface area (Å²) in [6, 6.07) is 1.58. The zero-order valence-electron chi connectivity index (χ0n) is 8.41. The number of aliphatic hydroxyl groups excluding tert-OH is 1. The number of halogens is 1. The molecule has 82 valence electrons. The summed E-state index contributed by atoms with van der Waals surface area (Å²) < 4.78 is 10.8. The minimum Gasteiger partial charge on any atom is -0.492 e. The van der Waals surface area contributed by atoms with Crippen molar-refractivity contribution in [1.29, 1.82) is 0 Å². The Morgan fingerprint density at radius 2 is 2.00 bits per heavy atom. The van der Waals surface area contributed by atoms with Crippen LogP contribution < -0.4 is 9.47 Å². The lowest BCUT2D eigenvalue weighted by Crippen LogP contribution is -2.00. The molecule has 0 saturated heterocycles. The van der Waals surface area contributed by atoms with E-state index in [0.717, 1.165) is 0 Å². The average molecular weight is 275 g/mol. The van der Waals surface area contributed by atoms with Crippen molar-refractivity contribution in [2.75, 3.05) is 14.2 Å². The molecule has 0 saturated carbocycles. The van der Waals surface area contributed by atoms with Crippen LogP contribution in [0.2, 0.25) is 0 Å². The molecule has 0 bridgehead atoms. The summed E-state index contributed by atoms with van der Waals surface area (Å²) in [5.41, 5.74) is 0.929. The highest BCUT2D eigenvalue weighted by Gasteiger charge is 2.17. The van der Waals surface area contributed by atoms with E-state index in [9.17, 15) is 4.79 Å². The van der Waals surface area contributed by atoms with Gasteiger partial charge in [0.1, 0.15) is 0 Å². The van der Waals surface area contributed by atoms with Gasteiger partial charge in [-0.3, -0.25) is 4.79 Å². The van der Waals surface area contributed by atoms with Crippen LogP contribution in [0.5, 0.6) is 11.5 Å². The van der Waals surface area contributed by atoms with Gasteiger partial charge in [-0.05, 0) is 6.07 Å². The Bertz CT molecular complexity index is 376. The van der Waals surface area contributed by atoms with Gasteiger partial charge in [0, 0.05) is 10.0 Å². The van der Waals surface area contributed by atoms with Crippen molar-refractivity contribution in [3.05, 3.63) is 21.7 Å². The number of carbonyl (C=O) groups excluding carboxylic acids is 1. The fourth-order valence-electron chi connectivity index (χ4n) is 1.33. The number of benzene rings is 1. The zero-order chi connectivity index (χ0) is 11.4. The van der Waals surface area contributed by atoms with Crippen molar-refractivity contribution in [1.82, 2.24) is 0 Å². The molecule has 0 atom stereocenters. The lowest BCUT2D eigenvalue weighted by molar-refractivity contribution is 0.111. The molecule has 15 heavy (non-hydrogen) atoms. The Kier molecular flexibility index (Phi) is 4.11.